The lowest BCUT2D eigenvalue weighted by Gasteiger charge is -2.36. The molecule has 9 heteroatoms. The molecular formula is C23H33F2N3O3S. The van der Waals surface area contributed by atoms with Gasteiger partial charge in [-0.2, -0.15) is 0 Å². The van der Waals surface area contributed by atoms with E-state index in [1.807, 2.05) is 12.1 Å². The molecule has 1 spiro atoms. The highest BCUT2D eigenvalue weighted by Crippen LogP contribution is 2.53. The van der Waals surface area contributed by atoms with Gasteiger partial charge in [0, 0.05) is 30.0 Å². The molecule has 3 aliphatic rings. The van der Waals surface area contributed by atoms with Gasteiger partial charge in [-0.3, -0.25) is 14.2 Å². The molecule has 4 N–H and O–H groups in total. The molecule has 0 aromatic heterocycles. The van der Waals surface area contributed by atoms with E-state index in [0.29, 0.717) is 37.1 Å². The first kappa shape index (κ1) is 23.6. The van der Waals surface area contributed by atoms with Crippen LogP contribution in [-0.4, -0.2) is 45.6 Å². The smallest absolute Gasteiger partial charge is 0.262 e. The molecule has 1 amide bonds. The van der Waals surface area contributed by atoms with Crippen LogP contribution in [-0.2, 0) is 15.6 Å². The van der Waals surface area contributed by atoms with Gasteiger partial charge in [0.2, 0.25) is 5.92 Å². The summed E-state index contributed by atoms with van der Waals surface area (Å²) < 4.78 is 39.1. The zero-order valence-corrected chi connectivity index (χ0v) is 19.1. The summed E-state index contributed by atoms with van der Waals surface area (Å²) in [6.07, 6.45) is 4.63. The van der Waals surface area contributed by atoms with E-state index in [2.05, 4.69) is 10.6 Å². The molecule has 4 rings (SSSR count). The first-order valence-corrected chi connectivity index (χ1v) is 12.7. The number of alkyl halides is 2. The van der Waals surface area contributed by atoms with Crippen molar-refractivity contribution in [3.05, 3.63) is 24.3 Å². The number of benzene rings is 1. The van der Waals surface area contributed by atoms with Crippen LogP contribution in [0, 0.1) is 11.3 Å². The molecule has 1 heterocycles. The van der Waals surface area contributed by atoms with Crippen molar-refractivity contribution in [2.24, 2.45) is 11.3 Å². The number of hydrogen-bond donors (Lipinski definition) is 4. The van der Waals surface area contributed by atoms with E-state index in [9.17, 15) is 23.0 Å². The van der Waals surface area contributed by atoms with Crippen molar-refractivity contribution in [2.75, 3.05) is 25.0 Å². The largest absolute Gasteiger partial charge is 0.385 e. The van der Waals surface area contributed by atoms with Crippen LogP contribution in [0.3, 0.4) is 0 Å². The van der Waals surface area contributed by atoms with E-state index in [-0.39, 0.29) is 24.2 Å². The van der Waals surface area contributed by atoms with Gasteiger partial charge in [-0.15, -0.1) is 0 Å². The standard InChI is InChI=1S/C23H33F2N3O3S/c24-23(25)7-5-17(6-8-23)15-27-18-1-3-19(4-2-18)32(31)22(20(29)28-30)10-9-21(16-22)11-13-26-14-12-21/h1-4,17,26-27,30H,5-16H2,(H,28,29). The highest BCUT2D eigenvalue weighted by molar-refractivity contribution is 7.87. The Bertz CT molecular complexity index is 835. The first-order valence-electron chi connectivity index (χ1n) is 11.6. The van der Waals surface area contributed by atoms with Crippen LogP contribution in [0.4, 0.5) is 14.5 Å². The maximum absolute atomic E-state index is 13.6. The normalized spacial score (nSPS) is 28.3. The number of halogens is 2. The molecule has 0 bridgehead atoms. The molecule has 2 saturated carbocycles. The number of anilines is 1. The van der Waals surface area contributed by atoms with E-state index in [4.69, 9.17) is 0 Å². The minimum absolute atomic E-state index is 0.00822. The molecule has 2 unspecified atom stereocenters. The Morgan fingerprint density at radius 3 is 2.34 bits per heavy atom. The molecule has 1 aliphatic heterocycles. The third kappa shape index (κ3) is 4.84. The molecule has 0 radical (unpaired) electrons. The van der Waals surface area contributed by atoms with Crippen LogP contribution in [0.2, 0.25) is 0 Å². The summed E-state index contributed by atoms with van der Waals surface area (Å²) in [5.41, 5.74) is 2.61. The zero-order chi connectivity index (χ0) is 22.8. The molecule has 2 aliphatic carbocycles. The quantitative estimate of drug-likeness (QED) is 0.376. The Hall–Kier alpha value is -1.58. The third-order valence-corrected chi connectivity index (χ3v) is 9.70. The topological polar surface area (TPSA) is 90.5 Å². The molecular weight excluding hydrogens is 436 g/mol. The zero-order valence-electron chi connectivity index (χ0n) is 18.3. The molecule has 2 atom stereocenters. The lowest BCUT2D eigenvalue weighted by molar-refractivity contribution is -0.132. The molecule has 178 valence electrons. The van der Waals surface area contributed by atoms with Crippen LogP contribution in [0.15, 0.2) is 29.2 Å². The number of hydrogen-bond acceptors (Lipinski definition) is 5. The average molecular weight is 470 g/mol. The van der Waals surface area contributed by atoms with Crippen molar-refractivity contribution in [3.63, 3.8) is 0 Å². The molecule has 1 aromatic rings. The molecule has 1 aromatic carbocycles. The minimum Gasteiger partial charge on any atom is -0.385 e. The maximum Gasteiger partial charge on any atom is 0.262 e. The van der Waals surface area contributed by atoms with E-state index in [1.54, 1.807) is 17.6 Å². The molecule has 32 heavy (non-hydrogen) atoms. The summed E-state index contributed by atoms with van der Waals surface area (Å²) in [6.45, 7) is 2.41. The minimum atomic E-state index is -2.52. The second-order valence-electron chi connectivity index (χ2n) is 9.84. The highest BCUT2D eigenvalue weighted by Gasteiger charge is 2.56. The molecule has 6 nitrogen and oxygen atoms in total. The summed E-state index contributed by atoms with van der Waals surface area (Å²) in [5, 5.41) is 16.1. The van der Waals surface area contributed by atoms with Crippen molar-refractivity contribution in [3.8, 4) is 0 Å². The summed E-state index contributed by atoms with van der Waals surface area (Å²) in [4.78, 5) is 13.3. The van der Waals surface area contributed by atoms with Crippen LogP contribution in [0.5, 0.6) is 0 Å². The summed E-state index contributed by atoms with van der Waals surface area (Å²) in [6, 6.07) is 7.16. The van der Waals surface area contributed by atoms with Gasteiger partial charge in [0.05, 0.1) is 10.8 Å². The third-order valence-electron chi connectivity index (χ3n) is 7.75. The predicted molar refractivity (Wildman–Crippen MR) is 119 cm³/mol. The van der Waals surface area contributed by atoms with Crippen molar-refractivity contribution < 1.29 is 23.0 Å². The number of nitrogens with one attached hydrogen (secondary N) is 3. The van der Waals surface area contributed by atoms with Gasteiger partial charge in [0.1, 0.15) is 4.75 Å². The van der Waals surface area contributed by atoms with Crippen molar-refractivity contribution in [2.45, 2.75) is 73.4 Å². The van der Waals surface area contributed by atoms with E-state index in [1.165, 1.54) is 0 Å². The Kier molecular flexibility index (Phi) is 6.89. The average Bonchev–Trinajstić information content (AvgIpc) is 3.18. The van der Waals surface area contributed by atoms with Gasteiger partial charge in [0.15, 0.2) is 0 Å². The van der Waals surface area contributed by atoms with E-state index >= 15 is 0 Å². The Morgan fingerprint density at radius 1 is 1.06 bits per heavy atom. The number of amides is 1. The van der Waals surface area contributed by atoms with Crippen molar-refractivity contribution in [1.29, 1.82) is 0 Å². The monoisotopic (exact) mass is 469 g/mol. The Balaban J connectivity index is 1.42. The van der Waals surface area contributed by atoms with Crippen LogP contribution >= 0.6 is 0 Å². The summed E-state index contributed by atoms with van der Waals surface area (Å²) in [5.74, 6) is -2.87. The van der Waals surface area contributed by atoms with Gasteiger partial charge < -0.3 is 10.6 Å². The molecule has 3 fully saturated rings. The van der Waals surface area contributed by atoms with E-state index in [0.717, 1.165) is 38.0 Å². The Labute approximate surface area is 190 Å². The second kappa shape index (κ2) is 9.35. The first-order chi connectivity index (χ1) is 15.3. The van der Waals surface area contributed by atoms with Crippen LogP contribution in [0.1, 0.15) is 57.8 Å². The lowest BCUT2D eigenvalue weighted by Crippen LogP contribution is -2.48. The number of carbonyl (C=O) groups is 1. The summed E-state index contributed by atoms with van der Waals surface area (Å²) >= 11 is 0. The van der Waals surface area contributed by atoms with Crippen LogP contribution < -0.4 is 16.1 Å². The summed E-state index contributed by atoms with van der Waals surface area (Å²) in [7, 11) is -1.60. The lowest BCUT2D eigenvalue weighted by atomic mass is 9.77. The fourth-order valence-corrected chi connectivity index (χ4v) is 7.43. The van der Waals surface area contributed by atoms with Crippen molar-refractivity contribution in [1.82, 2.24) is 10.8 Å². The van der Waals surface area contributed by atoms with Crippen molar-refractivity contribution >= 4 is 22.4 Å². The fourth-order valence-electron chi connectivity index (χ4n) is 5.66. The number of carbonyl (C=O) groups excluding carboxylic acids is 1. The van der Waals surface area contributed by atoms with Gasteiger partial charge in [-0.1, -0.05) is 0 Å². The number of piperidine rings is 1. The van der Waals surface area contributed by atoms with Gasteiger partial charge in [-0.05, 0) is 93.6 Å². The SMILES string of the molecule is O=C(NO)C1(S(=O)c2ccc(NCC3CCC(F)(F)CC3)cc2)CCC2(CCNCC2)C1. The van der Waals surface area contributed by atoms with Gasteiger partial charge in [-0.25, -0.2) is 14.3 Å². The Morgan fingerprint density at radius 2 is 1.72 bits per heavy atom. The number of rotatable bonds is 6. The molecule has 1 saturated heterocycles. The van der Waals surface area contributed by atoms with Crippen LogP contribution in [0.25, 0.3) is 0 Å². The second-order valence-corrected chi connectivity index (χ2v) is 11.6. The number of hydroxylamine groups is 1. The van der Waals surface area contributed by atoms with E-state index < -0.39 is 27.4 Å². The van der Waals surface area contributed by atoms with Gasteiger partial charge in [0.25, 0.3) is 5.91 Å². The fraction of sp³-hybridized carbons (Fsp3) is 0.696. The maximum atomic E-state index is 13.6. The van der Waals surface area contributed by atoms with Gasteiger partial charge >= 0.3 is 0 Å². The highest BCUT2D eigenvalue weighted by atomic mass is 32.2. The predicted octanol–water partition coefficient (Wildman–Crippen LogP) is 3.83.